The number of carbonyl (C=O) groups excluding carboxylic acids is 2. The van der Waals surface area contributed by atoms with Crippen LogP contribution in [0.4, 0.5) is 0 Å². The molecule has 0 aromatic carbocycles. The molecule has 0 aliphatic heterocycles. The summed E-state index contributed by atoms with van der Waals surface area (Å²) in [5.74, 6) is -1.14. The van der Waals surface area contributed by atoms with E-state index in [1.54, 1.807) is 0 Å². The second-order valence-corrected chi connectivity index (χ2v) is 17.4. The van der Waals surface area contributed by atoms with Gasteiger partial charge in [0.05, 0.1) is 40.0 Å². The lowest BCUT2D eigenvalue weighted by Crippen LogP contribution is -2.37. The number of phosphoric acid groups is 1. The Bertz CT molecular complexity index is 1450. The maximum Gasteiger partial charge on any atom is 0.472 e. The largest absolute Gasteiger partial charge is 0.472 e. The van der Waals surface area contributed by atoms with Gasteiger partial charge in [-0.05, 0) is 96.3 Å². The molecule has 0 radical (unpaired) electrons. The molecule has 0 heterocycles. The molecule has 0 fully saturated rings. The normalized spacial score (nSPS) is 15.5. The van der Waals surface area contributed by atoms with Gasteiger partial charge in [-0.1, -0.05) is 130 Å². The fraction of sp³-hybridized carbons (Fsp3) is 0.600. The Morgan fingerprint density at radius 3 is 1.53 bits per heavy atom. The third kappa shape index (κ3) is 41.9. The molecule has 0 amide bonds. The third-order valence-electron chi connectivity index (χ3n) is 9.00. The van der Waals surface area contributed by atoms with Crippen LogP contribution in [0.5, 0.6) is 0 Å². The molecule has 0 aliphatic carbocycles. The van der Waals surface area contributed by atoms with Crippen LogP contribution in [0.25, 0.3) is 0 Å². The number of hydrogen-bond donors (Lipinski definition) is 3. The maximum absolute atomic E-state index is 12.7. The van der Waals surface area contributed by atoms with Gasteiger partial charge in [0.1, 0.15) is 19.8 Å². The van der Waals surface area contributed by atoms with Crippen LogP contribution in [0.2, 0.25) is 0 Å². The molecule has 0 saturated carbocycles. The van der Waals surface area contributed by atoms with Crippen molar-refractivity contribution in [2.45, 2.75) is 148 Å². The number of phosphoric ester groups is 1. The van der Waals surface area contributed by atoms with Crippen LogP contribution in [0.1, 0.15) is 129 Å². The van der Waals surface area contributed by atoms with Crippen molar-refractivity contribution in [2.24, 2.45) is 0 Å². The van der Waals surface area contributed by atoms with Crippen LogP contribution in [-0.2, 0) is 32.7 Å². The summed E-state index contributed by atoms with van der Waals surface area (Å²) in [4.78, 5) is 35.5. The van der Waals surface area contributed by atoms with E-state index < -0.39 is 44.7 Å². The van der Waals surface area contributed by atoms with Gasteiger partial charge < -0.3 is 29.1 Å². The van der Waals surface area contributed by atoms with Crippen molar-refractivity contribution < 1.29 is 52.3 Å². The fourth-order valence-corrected chi connectivity index (χ4v) is 6.10. The number of carbonyl (C=O) groups is 2. The summed E-state index contributed by atoms with van der Waals surface area (Å²) < 4.78 is 34.1. The average molecular weight is 889 g/mol. The predicted octanol–water partition coefficient (Wildman–Crippen LogP) is 11.1. The molecule has 0 spiro atoms. The minimum atomic E-state index is -4.46. The summed E-state index contributed by atoms with van der Waals surface area (Å²) in [6.07, 6.45) is 47.4. The molecule has 0 rings (SSSR count). The van der Waals surface area contributed by atoms with Crippen molar-refractivity contribution in [1.82, 2.24) is 0 Å². The predicted molar refractivity (Wildman–Crippen MR) is 254 cm³/mol. The maximum atomic E-state index is 12.7. The Balaban J connectivity index is 4.66. The van der Waals surface area contributed by atoms with Crippen molar-refractivity contribution >= 4 is 19.8 Å². The van der Waals surface area contributed by atoms with Gasteiger partial charge in [0.15, 0.2) is 6.10 Å². The number of allylic oxidation sites excluding steroid dienone is 17. The van der Waals surface area contributed by atoms with E-state index in [2.05, 4.69) is 111 Å². The number of ether oxygens (including phenoxy) is 2. The molecule has 4 atom stereocenters. The highest BCUT2D eigenvalue weighted by molar-refractivity contribution is 7.47. The number of hydrogen-bond acceptors (Lipinski definition) is 9. The smallest absolute Gasteiger partial charge is 0.462 e. The number of nitrogens with zero attached hydrogens (tertiary/aromatic N) is 1. The summed E-state index contributed by atoms with van der Waals surface area (Å²) >= 11 is 0. The monoisotopic (exact) mass is 889 g/mol. The highest BCUT2D eigenvalue weighted by Gasteiger charge is 2.27. The summed E-state index contributed by atoms with van der Waals surface area (Å²) in [6, 6.07) is 0. The highest BCUT2D eigenvalue weighted by atomic mass is 31.2. The summed E-state index contributed by atoms with van der Waals surface area (Å²) in [5.41, 5.74) is 0. The van der Waals surface area contributed by atoms with Crippen LogP contribution in [-0.4, -0.2) is 97.3 Å². The van der Waals surface area contributed by atoms with E-state index in [1.807, 2.05) is 33.3 Å². The average Bonchev–Trinajstić information content (AvgIpc) is 3.22. The van der Waals surface area contributed by atoms with E-state index in [4.69, 9.17) is 18.5 Å². The van der Waals surface area contributed by atoms with Gasteiger partial charge >= 0.3 is 19.8 Å². The quantitative estimate of drug-likeness (QED) is 0.0179. The van der Waals surface area contributed by atoms with Crippen molar-refractivity contribution in [3.05, 3.63) is 109 Å². The topological polar surface area (TPSA) is 149 Å². The molecule has 11 nitrogen and oxygen atoms in total. The number of esters is 2. The number of aliphatic hydroxyl groups excluding tert-OH is 2. The second-order valence-electron chi connectivity index (χ2n) is 16.0. The lowest BCUT2D eigenvalue weighted by Gasteiger charge is -2.24. The third-order valence-corrected chi connectivity index (χ3v) is 9.98. The zero-order chi connectivity index (χ0) is 46.0. The van der Waals surface area contributed by atoms with Gasteiger partial charge in [-0.2, -0.15) is 0 Å². The molecule has 0 bridgehead atoms. The van der Waals surface area contributed by atoms with Crippen molar-refractivity contribution in [3.63, 3.8) is 0 Å². The molecule has 62 heavy (non-hydrogen) atoms. The Morgan fingerprint density at radius 2 is 1.03 bits per heavy atom. The van der Waals surface area contributed by atoms with Crippen molar-refractivity contribution in [2.75, 3.05) is 47.5 Å². The van der Waals surface area contributed by atoms with E-state index in [9.17, 15) is 29.3 Å². The van der Waals surface area contributed by atoms with Gasteiger partial charge in [-0.15, -0.1) is 0 Å². The Labute approximate surface area is 375 Å². The fourth-order valence-electron chi connectivity index (χ4n) is 5.36. The zero-order valence-corrected chi connectivity index (χ0v) is 39.7. The van der Waals surface area contributed by atoms with E-state index in [-0.39, 0.29) is 45.3 Å². The zero-order valence-electron chi connectivity index (χ0n) is 38.8. The molecule has 1 unspecified atom stereocenters. The molecule has 0 aromatic heterocycles. The molecular formula is C50H83NO10P+. The van der Waals surface area contributed by atoms with Crippen molar-refractivity contribution in [3.8, 4) is 0 Å². The molecular weight excluding hydrogens is 806 g/mol. The SMILES string of the molecule is CC/C=C\C/C=C\C/C=C\C/C=C\C/C=C\CCCCCC(=O)O[C@H](COC(=O)CCC[C@H](O)[C@@H](O)C/C=C\C/C=C\C/C=C\C/C=C\CC)COP(=O)(O)OCC[N+](C)(C)C. The van der Waals surface area contributed by atoms with E-state index in [0.29, 0.717) is 17.4 Å². The van der Waals surface area contributed by atoms with E-state index in [1.165, 1.54) is 0 Å². The second kappa shape index (κ2) is 40.4. The summed E-state index contributed by atoms with van der Waals surface area (Å²) in [5, 5.41) is 20.7. The lowest BCUT2D eigenvalue weighted by atomic mass is 10.0. The number of aliphatic hydroxyl groups is 2. The number of quaternary nitrogens is 1. The molecule has 3 N–H and O–H groups in total. The van der Waals surface area contributed by atoms with Crippen LogP contribution < -0.4 is 0 Å². The first kappa shape index (κ1) is 58.6. The first-order valence-corrected chi connectivity index (χ1v) is 24.3. The minimum Gasteiger partial charge on any atom is -0.462 e. The van der Waals surface area contributed by atoms with Gasteiger partial charge in [0, 0.05) is 12.8 Å². The van der Waals surface area contributed by atoms with Crippen LogP contribution in [0, 0.1) is 0 Å². The summed E-state index contributed by atoms with van der Waals surface area (Å²) in [6.45, 7) is 3.78. The number of unbranched alkanes of at least 4 members (excludes halogenated alkanes) is 3. The van der Waals surface area contributed by atoms with Crippen LogP contribution >= 0.6 is 7.82 Å². The molecule has 0 aromatic rings. The van der Waals surface area contributed by atoms with Crippen LogP contribution in [0.15, 0.2) is 109 Å². The molecule has 0 aliphatic rings. The first-order chi connectivity index (χ1) is 29.8. The minimum absolute atomic E-state index is 0.0274. The first-order valence-electron chi connectivity index (χ1n) is 22.8. The number of likely N-dealkylation sites (N-methyl/N-ethyl adjacent to an activating group) is 1. The van der Waals surface area contributed by atoms with E-state index >= 15 is 0 Å². The van der Waals surface area contributed by atoms with Crippen LogP contribution in [0.3, 0.4) is 0 Å². The Hall–Kier alpha value is -3.41. The lowest BCUT2D eigenvalue weighted by molar-refractivity contribution is -0.870. The van der Waals surface area contributed by atoms with E-state index in [0.717, 1.165) is 77.0 Å². The molecule has 352 valence electrons. The van der Waals surface area contributed by atoms with Gasteiger partial charge in [-0.25, -0.2) is 4.57 Å². The molecule has 12 heteroatoms. The van der Waals surface area contributed by atoms with Gasteiger partial charge in [-0.3, -0.25) is 18.6 Å². The van der Waals surface area contributed by atoms with Gasteiger partial charge in [0.2, 0.25) is 0 Å². The standard InChI is InChI=1S/C50H82NO10P/c1-6-8-10-12-14-16-18-20-21-22-23-24-25-26-28-30-32-34-36-40-50(55)61-46(45-60-62(56,57)59-43-42-51(3,4)5)44-58-49(54)41-37-39-48(53)47(52)38-35-33-31-29-27-19-17-15-13-11-9-7-2/h8-11,14-17,20-21,23-24,26-29,33,35,46-48,52-53H,6-7,12-13,18-19,22,25,30-32,34,36-45H2,1-5H3/p+1/b10-8-,11-9-,16-14-,17-15-,21-20-,24-23-,28-26-,29-27-,35-33-/t46-,47+,48+/m1/s1. The summed E-state index contributed by atoms with van der Waals surface area (Å²) in [7, 11) is 1.28. The Kier molecular flexibility index (Phi) is 38.1. The molecule has 0 saturated heterocycles. The number of rotatable bonds is 39. The van der Waals surface area contributed by atoms with Crippen molar-refractivity contribution in [1.29, 1.82) is 0 Å². The highest BCUT2D eigenvalue weighted by Crippen LogP contribution is 2.43. The Morgan fingerprint density at radius 1 is 0.565 bits per heavy atom. The van der Waals surface area contributed by atoms with Gasteiger partial charge in [0.25, 0.3) is 0 Å².